The molecule has 0 aliphatic rings. The van der Waals surface area contributed by atoms with Crippen LogP contribution in [0.25, 0.3) is 0 Å². The molecule has 0 radical (unpaired) electrons. The van der Waals surface area contributed by atoms with Gasteiger partial charge in [-0.1, -0.05) is 50.1 Å². The Kier molecular flexibility index (Phi) is 4.85. The lowest BCUT2D eigenvalue weighted by molar-refractivity contribution is -0.123. The summed E-state index contributed by atoms with van der Waals surface area (Å²) in [7, 11) is -1.11. The van der Waals surface area contributed by atoms with Gasteiger partial charge in [0.1, 0.15) is 0 Å². The van der Waals surface area contributed by atoms with E-state index < -0.39 is 16.2 Å². The number of carbonyl (C=O) groups is 1. The predicted octanol–water partition coefficient (Wildman–Crippen LogP) is 3.17. The normalized spacial score (nSPS) is 13.4. The summed E-state index contributed by atoms with van der Waals surface area (Å²) in [5.41, 5.74) is 2.99. The molecule has 1 aromatic carbocycles. The molecule has 18 heavy (non-hydrogen) atoms. The van der Waals surface area contributed by atoms with Crippen molar-refractivity contribution in [3.63, 3.8) is 0 Å². The lowest BCUT2D eigenvalue weighted by atomic mass is 9.92. The van der Waals surface area contributed by atoms with Gasteiger partial charge in [-0.2, -0.15) is 0 Å². The van der Waals surface area contributed by atoms with Crippen LogP contribution in [0, 0.1) is 19.3 Å². The fourth-order valence-electron chi connectivity index (χ4n) is 1.75. The highest BCUT2D eigenvalue weighted by Gasteiger charge is 2.23. The van der Waals surface area contributed by atoms with Crippen LogP contribution < -0.4 is 0 Å². The number of aryl methyl sites for hydroxylation is 2. The number of benzene rings is 1. The molecule has 3 heteroatoms. The van der Waals surface area contributed by atoms with Crippen molar-refractivity contribution in [2.45, 2.75) is 40.4 Å². The van der Waals surface area contributed by atoms with E-state index in [-0.39, 0.29) is 11.5 Å². The molecule has 100 valence electrons. The highest BCUT2D eigenvalue weighted by molar-refractivity contribution is 7.84. The van der Waals surface area contributed by atoms with Crippen molar-refractivity contribution in [3.05, 3.63) is 34.9 Å². The first-order valence-electron chi connectivity index (χ1n) is 6.14. The van der Waals surface area contributed by atoms with E-state index in [1.165, 1.54) is 11.1 Å². The highest BCUT2D eigenvalue weighted by atomic mass is 32.2. The first-order valence-corrected chi connectivity index (χ1v) is 7.63. The zero-order valence-electron chi connectivity index (χ0n) is 11.9. The van der Waals surface area contributed by atoms with Crippen LogP contribution >= 0.6 is 0 Å². The number of rotatable bonds is 4. The second kappa shape index (κ2) is 5.79. The lowest BCUT2D eigenvalue weighted by Gasteiger charge is -2.16. The molecule has 0 aliphatic carbocycles. The SMILES string of the molecule is Cc1cc(C)cc(CS(=O)CC(=O)C(C)(C)C)c1. The van der Waals surface area contributed by atoms with Crippen molar-refractivity contribution in [2.75, 3.05) is 5.75 Å². The topological polar surface area (TPSA) is 34.1 Å². The van der Waals surface area contributed by atoms with Gasteiger partial charge < -0.3 is 0 Å². The molecule has 1 unspecified atom stereocenters. The van der Waals surface area contributed by atoms with Crippen LogP contribution in [-0.4, -0.2) is 15.7 Å². The second-order valence-corrected chi connectivity index (χ2v) is 7.35. The third kappa shape index (κ3) is 4.73. The zero-order chi connectivity index (χ0) is 13.9. The monoisotopic (exact) mass is 266 g/mol. The maximum absolute atomic E-state index is 12.0. The van der Waals surface area contributed by atoms with E-state index in [1.54, 1.807) is 0 Å². The molecule has 1 rings (SSSR count). The number of ketones is 1. The molecular formula is C15H22O2S. The zero-order valence-corrected chi connectivity index (χ0v) is 12.7. The van der Waals surface area contributed by atoms with Crippen molar-refractivity contribution in [1.29, 1.82) is 0 Å². The van der Waals surface area contributed by atoms with Gasteiger partial charge in [0.2, 0.25) is 0 Å². The fourth-order valence-corrected chi connectivity index (χ4v) is 3.12. The highest BCUT2D eigenvalue weighted by Crippen LogP contribution is 2.16. The molecule has 0 spiro atoms. The minimum atomic E-state index is -1.11. The third-order valence-corrected chi connectivity index (χ3v) is 3.98. The summed E-state index contributed by atoms with van der Waals surface area (Å²) in [6, 6.07) is 6.16. The van der Waals surface area contributed by atoms with Gasteiger partial charge in [-0.05, 0) is 19.4 Å². The summed E-state index contributed by atoms with van der Waals surface area (Å²) in [4.78, 5) is 11.8. The van der Waals surface area contributed by atoms with Gasteiger partial charge in [0, 0.05) is 22.0 Å². The van der Waals surface area contributed by atoms with Gasteiger partial charge in [0.25, 0.3) is 0 Å². The maximum atomic E-state index is 12.0. The van der Waals surface area contributed by atoms with Gasteiger partial charge in [-0.15, -0.1) is 0 Å². The van der Waals surface area contributed by atoms with Crippen LogP contribution in [0.15, 0.2) is 18.2 Å². The van der Waals surface area contributed by atoms with E-state index >= 15 is 0 Å². The van der Waals surface area contributed by atoms with Gasteiger partial charge >= 0.3 is 0 Å². The maximum Gasteiger partial charge on any atom is 0.150 e. The van der Waals surface area contributed by atoms with E-state index in [1.807, 2.05) is 46.8 Å². The van der Waals surface area contributed by atoms with Crippen LogP contribution in [0.3, 0.4) is 0 Å². The molecular weight excluding hydrogens is 244 g/mol. The van der Waals surface area contributed by atoms with Crippen LogP contribution in [-0.2, 0) is 21.3 Å². The summed E-state index contributed by atoms with van der Waals surface area (Å²) in [5, 5.41) is 0. The Hall–Kier alpha value is -0.960. The molecule has 0 amide bonds. The minimum Gasteiger partial charge on any atom is -0.298 e. The predicted molar refractivity (Wildman–Crippen MR) is 77.1 cm³/mol. The van der Waals surface area contributed by atoms with Gasteiger partial charge in [-0.25, -0.2) is 0 Å². The van der Waals surface area contributed by atoms with E-state index in [4.69, 9.17) is 0 Å². The molecule has 0 aliphatic heterocycles. The molecule has 0 N–H and O–H groups in total. The quantitative estimate of drug-likeness (QED) is 0.839. The van der Waals surface area contributed by atoms with Crippen LogP contribution in [0.2, 0.25) is 0 Å². The van der Waals surface area contributed by atoms with Gasteiger partial charge in [0.05, 0.1) is 5.75 Å². The molecule has 0 heterocycles. The molecule has 1 atom stereocenters. The van der Waals surface area contributed by atoms with E-state index in [0.29, 0.717) is 5.75 Å². The number of Topliss-reactive ketones (excluding diaryl/α,β-unsaturated/α-hetero) is 1. The van der Waals surface area contributed by atoms with Crippen LogP contribution in [0.5, 0.6) is 0 Å². The lowest BCUT2D eigenvalue weighted by Crippen LogP contribution is -2.26. The van der Waals surface area contributed by atoms with Crippen molar-refractivity contribution >= 4 is 16.6 Å². The first kappa shape index (κ1) is 15.1. The minimum absolute atomic E-state index is 0.0604. The van der Waals surface area contributed by atoms with Crippen LogP contribution in [0.1, 0.15) is 37.5 Å². The van der Waals surface area contributed by atoms with Crippen molar-refractivity contribution in [1.82, 2.24) is 0 Å². The molecule has 0 fully saturated rings. The summed E-state index contributed by atoms with van der Waals surface area (Å²) in [6.07, 6.45) is 0. The molecule has 2 nitrogen and oxygen atoms in total. The summed E-state index contributed by atoms with van der Waals surface area (Å²) in [6.45, 7) is 9.65. The Morgan fingerprint density at radius 1 is 1.11 bits per heavy atom. The molecule has 0 aromatic heterocycles. The summed E-state index contributed by atoms with van der Waals surface area (Å²) < 4.78 is 12.0. The fraction of sp³-hybridized carbons (Fsp3) is 0.533. The standard InChI is InChI=1S/C15H22O2S/c1-11-6-12(2)8-13(7-11)9-18(17)10-14(16)15(3,4)5/h6-8H,9-10H2,1-5H3. The second-order valence-electron chi connectivity index (χ2n) is 5.90. The largest absolute Gasteiger partial charge is 0.298 e. The Labute approximate surface area is 112 Å². The number of hydrogen-bond acceptors (Lipinski definition) is 2. The average molecular weight is 266 g/mol. The summed E-state index contributed by atoms with van der Waals surface area (Å²) in [5.74, 6) is 0.672. The van der Waals surface area contributed by atoms with E-state index in [9.17, 15) is 9.00 Å². The Balaban J connectivity index is 2.68. The smallest absolute Gasteiger partial charge is 0.150 e. The van der Waals surface area contributed by atoms with E-state index in [0.717, 1.165) is 5.56 Å². The molecule has 0 saturated carbocycles. The van der Waals surface area contributed by atoms with E-state index in [2.05, 4.69) is 6.07 Å². The molecule has 0 saturated heterocycles. The number of carbonyl (C=O) groups excluding carboxylic acids is 1. The first-order chi connectivity index (χ1) is 8.18. The molecule has 0 bridgehead atoms. The third-order valence-electron chi connectivity index (χ3n) is 2.74. The Morgan fingerprint density at radius 3 is 2.06 bits per heavy atom. The number of hydrogen-bond donors (Lipinski definition) is 0. The van der Waals surface area contributed by atoms with Crippen molar-refractivity contribution in [2.24, 2.45) is 5.41 Å². The average Bonchev–Trinajstić information content (AvgIpc) is 2.13. The Morgan fingerprint density at radius 2 is 1.61 bits per heavy atom. The Bertz CT molecular complexity index is 450. The van der Waals surface area contributed by atoms with Crippen molar-refractivity contribution in [3.8, 4) is 0 Å². The van der Waals surface area contributed by atoms with Crippen LogP contribution in [0.4, 0.5) is 0 Å². The van der Waals surface area contributed by atoms with Gasteiger partial charge in [-0.3, -0.25) is 9.00 Å². The molecule has 1 aromatic rings. The van der Waals surface area contributed by atoms with Gasteiger partial charge in [0.15, 0.2) is 5.78 Å². The summed E-state index contributed by atoms with van der Waals surface area (Å²) >= 11 is 0. The van der Waals surface area contributed by atoms with Crippen molar-refractivity contribution < 1.29 is 9.00 Å².